The molecule has 92 valence electrons. The van der Waals surface area contributed by atoms with Crippen LogP contribution in [0.3, 0.4) is 0 Å². The number of aromatic nitrogens is 1. The van der Waals surface area contributed by atoms with Crippen LogP contribution in [-0.4, -0.2) is 18.1 Å². The van der Waals surface area contributed by atoms with Gasteiger partial charge in [0.2, 0.25) is 0 Å². The number of hydrogen-bond donors (Lipinski definition) is 1. The average molecular weight is 242 g/mol. The summed E-state index contributed by atoms with van der Waals surface area (Å²) in [6.07, 6.45) is 0.144. The van der Waals surface area contributed by atoms with Gasteiger partial charge in [-0.2, -0.15) is 0 Å². The first-order chi connectivity index (χ1) is 7.69. The second kappa shape index (κ2) is 6.99. The van der Waals surface area contributed by atoms with Gasteiger partial charge in [0.15, 0.2) is 0 Å². The lowest BCUT2D eigenvalue weighted by Crippen LogP contribution is -2.13. The van der Waals surface area contributed by atoms with Gasteiger partial charge >= 0.3 is 0 Å². The minimum atomic E-state index is 0.144. The largest absolute Gasteiger partial charge is 0.371 e. The Labute approximate surface area is 102 Å². The van der Waals surface area contributed by atoms with Gasteiger partial charge in [0.25, 0.3) is 0 Å². The van der Waals surface area contributed by atoms with E-state index in [9.17, 15) is 0 Å². The molecular weight excluding hydrogens is 220 g/mol. The van der Waals surface area contributed by atoms with E-state index in [0.29, 0.717) is 5.92 Å². The Hall–Kier alpha value is -0.450. The zero-order valence-corrected chi connectivity index (χ0v) is 11.4. The number of nitrogens with zero attached hydrogens (tertiary/aromatic N) is 1. The molecule has 0 aliphatic rings. The first kappa shape index (κ1) is 13.6. The topological polar surface area (TPSA) is 34.1 Å². The van der Waals surface area contributed by atoms with Crippen molar-refractivity contribution in [2.45, 2.75) is 40.3 Å². The lowest BCUT2D eigenvalue weighted by Gasteiger charge is -2.18. The molecule has 1 heterocycles. The van der Waals surface area contributed by atoms with E-state index in [1.807, 2.05) is 6.92 Å². The van der Waals surface area contributed by atoms with Gasteiger partial charge in [-0.25, -0.2) is 4.98 Å². The van der Waals surface area contributed by atoms with Crippen molar-refractivity contribution in [2.75, 3.05) is 13.2 Å². The number of rotatable bonds is 7. The maximum atomic E-state index is 5.73. The highest BCUT2D eigenvalue weighted by Gasteiger charge is 2.19. The van der Waals surface area contributed by atoms with E-state index in [1.165, 1.54) is 0 Å². The smallest absolute Gasteiger partial charge is 0.122 e. The molecule has 3 nitrogen and oxygen atoms in total. The van der Waals surface area contributed by atoms with Gasteiger partial charge in [0.05, 0.1) is 5.69 Å². The third-order valence-corrected chi connectivity index (χ3v) is 3.28. The van der Waals surface area contributed by atoms with Crippen LogP contribution in [0, 0.1) is 5.92 Å². The number of nitrogens with one attached hydrogen (secondary N) is 1. The van der Waals surface area contributed by atoms with Gasteiger partial charge in [-0.15, -0.1) is 11.3 Å². The summed E-state index contributed by atoms with van der Waals surface area (Å²) in [7, 11) is 0. The number of hydrogen-bond acceptors (Lipinski definition) is 4. The Bertz CT molecular complexity index is 299. The van der Waals surface area contributed by atoms with Crippen LogP contribution >= 0.6 is 11.3 Å². The fraction of sp³-hybridized carbons (Fsp3) is 0.750. The Kier molecular flexibility index (Phi) is 5.95. The summed E-state index contributed by atoms with van der Waals surface area (Å²) in [5.41, 5.74) is 1.12. The number of thiazole rings is 1. The monoisotopic (exact) mass is 242 g/mol. The quantitative estimate of drug-likeness (QED) is 0.798. The molecule has 0 spiro atoms. The van der Waals surface area contributed by atoms with Crippen LogP contribution in [0.15, 0.2) is 5.38 Å². The molecule has 16 heavy (non-hydrogen) atoms. The van der Waals surface area contributed by atoms with E-state index in [2.05, 4.69) is 36.5 Å². The second-order valence-electron chi connectivity index (χ2n) is 4.08. The molecule has 1 rings (SSSR count). The number of ether oxygens (including phenoxy) is 1. The van der Waals surface area contributed by atoms with Crippen molar-refractivity contribution in [3.8, 4) is 0 Å². The molecule has 1 aromatic rings. The molecule has 0 aromatic carbocycles. The van der Waals surface area contributed by atoms with Gasteiger partial charge in [-0.1, -0.05) is 20.8 Å². The van der Waals surface area contributed by atoms with Crippen LogP contribution in [0.25, 0.3) is 0 Å². The van der Waals surface area contributed by atoms with Crippen LogP contribution in [0.5, 0.6) is 0 Å². The highest BCUT2D eigenvalue weighted by molar-refractivity contribution is 7.09. The molecule has 0 saturated carbocycles. The molecule has 0 bridgehead atoms. The molecule has 0 aliphatic carbocycles. The van der Waals surface area contributed by atoms with Crippen molar-refractivity contribution in [2.24, 2.45) is 5.92 Å². The minimum absolute atomic E-state index is 0.144. The maximum Gasteiger partial charge on any atom is 0.122 e. The molecular formula is C12H22N2OS. The van der Waals surface area contributed by atoms with Crippen LogP contribution in [0.4, 0.5) is 0 Å². The Morgan fingerprint density at radius 1 is 1.44 bits per heavy atom. The SMILES string of the molecule is CCNCc1csc(C(OCC)C(C)C)n1. The predicted molar refractivity (Wildman–Crippen MR) is 68.7 cm³/mol. The van der Waals surface area contributed by atoms with E-state index >= 15 is 0 Å². The van der Waals surface area contributed by atoms with Gasteiger partial charge in [0.1, 0.15) is 11.1 Å². The summed E-state index contributed by atoms with van der Waals surface area (Å²) in [5, 5.41) is 6.50. The van der Waals surface area contributed by atoms with Gasteiger partial charge in [0, 0.05) is 18.5 Å². The lowest BCUT2D eigenvalue weighted by atomic mass is 10.1. The second-order valence-corrected chi connectivity index (χ2v) is 4.97. The third-order valence-electron chi connectivity index (χ3n) is 2.32. The van der Waals surface area contributed by atoms with Gasteiger partial charge in [-0.05, 0) is 19.4 Å². The zero-order chi connectivity index (χ0) is 12.0. The summed E-state index contributed by atoms with van der Waals surface area (Å²) >= 11 is 1.70. The van der Waals surface area contributed by atoms with Crippen LogP contribution in [-0.2, 0) is 11.3 Å². The standard InChI is InChI=1S/C12H22N2OS/c1-5-13-7-10-8-16-12(14-10)11(9(3)4)15-6-2/h8-9,11,13H,5-7H2,1-4H3. The fourth-order valence-electron chi connectivity index (χ4n) is 1.52. The molecule has 1 N–H and O–H groups in total. The normalized spacial score (nSPS) is 13.3. The van der Waals surface area contributed by atoms with Crippen LogP contribution < -0.4 is 5.32 Å². The zero-order valence-electron chi connectivity index (χ0n) is 10.6. The summed E-state index contributed by atoms with van der Waals surface area (Å²) in [6.45, 7) is 11.0. The maximum absolute atomic E-state index is 5.73. The Morgan fingerprint density at radius 3 is 2.75 bits per heavy atom. The molecule has 0 aliphatic heterocycles. The lowest BCUT2D eigenvalue weighted by molar-refractivity contribution is 0.0292. The molecule has 1 aromatic heterocycles. The molecule has 4 heteroatoms. The average Bonchev–Trinajstić information content (AvgIpc) is 2.70. The van der Waals surface area contributed by atoms with Crippen molar-refractivity contribution in [3.05, 3.63) is 16.1 Å². The van der Waals surface area contributed by atoms with Crippen molar-refractivity contribution < 1.29 is 4.74 Å². The first-order valence-corrected chi connectivity index (χ1v) is 6.83. The summed E-state index contributed by atoms with van der Waals surface area (Å²) in [6, 6.07) is 0. The minimum Gasteiger partial charge on any atom is -0.371 e. The van der Waals surface area contributed by atoms with E-state index in [1.54, 1.807) is 11.3 Å². The first-order valence-electron chi connectivity index (χ1n) is 5.95. The summed E-state index contributed by atoms with van der Waals surface area (Å²) in [5.74, 6) is 0.470. The highest BCUT2D eigenvalue weighted by atomic mass is 32.1. The fourth-order valence-corrected chi connectivity index (χ4v) is 2.55. The molecule has 0 amide bonds. The van der Waals surface area contributed by atoms with Crippen LogP contribution in [0.1, 0.15) is 44.5 Å². The molecule has 1 atom stereocenters. The van der Waals surface area contributed by atoms with E-state index in [-0.39, 0.29) is 6.10 Å². The van der Waals surface area contributed by atoms with Crippen molar-refractivity contribution in [1.29, 1.82) is 0 Å². The Morgan fingerprint density at radius 2 is 2.19 bits per heavy atom. The van der Waals surface area contributed by atoms with Gasteiger partial charge < -0.3 is 10.1 Å². The van der Waals surface area contributed by atoms with E-state index in [0.717, 1.165) is 30.4 Å². The summed E-state index contributed by atoms with van der Waals surface area (Å²) < 4.78 is 5.73. The van der Waals surface area contributed by atoms with Crippen molar-refractivity contribution in [1.82, 2.24) is 10.3 Å². The van der Waals surface area contributed by atoms with E-state index < -0.39 is 0 Å². The Balaban J connectivity index is 2.65. The third kappa shape index (κ3) is 3.85. The van der Waals surface area contributed by atoms with Gasteiger partial charge in [-0.3, -0.25) is 0 Å². The van der Waals surface area contributed by atoms with Crippen molar-refractivity contribution >= 4 is 11.3 Å². The summed E-state index contributed by atoms with van der Waals surface area (Å²) in [4.78, 5) is 4.62. The molecule has 1 unspecified atom stereocenters. The molecule has 0 radical (unpaired) electrons. The molecule has 0 saturated heterocycles. The highest BCUT2D eigenvalue weighted by Crippen LogP contribution is 2.28. The molecule has 0 fully saturated rings. The van der Waals surface area contributed by atoms with Crippen LogP contribution in [0.2, 0.25) is 0 Å². The predicted octanol–water partition coefficient (Wildman–Crippen LogP) is 2.99. The van der Waals surface area contributed by atoms with Crippen molar-refractivity contribution in [3.63, 3.8) is 0 Å². The van der Waals surface area contributed by atoms with E-state index in [4.69, 9.17) is 4.74 Å².